The third-order valence-electron chi connectivity index (χ3n) is 2.25. The molecule has 0 unspecified atom stereocenters. The molecule has 1 heterocycles. The number of thiazole rings is 1. The number of alkyl halides is 2. The number of benzene rings is 1. The fourth-order valence-electron chi connectivity index (χ4n) is 1.42. The summed E-state index contributed by atoms with van der Waals surface area (Å²) in [5.41, 5.74) is 8.50. The lowest BCUT2D eigenvalue weighted by Crippen LogP contribution is -1.95. The second-order valence-corrected chi connectivity index (χ2v) is 4.12. The fourth-order valence-corrected chi connectivity index (χ4v) is 2.22. The van der Waals surface area contributed by atoms with Gasteiger partial charge in [-0.25, -0.2) is 13.8 Å². The lowest BCUT2D eigenvalue weighted by molar-refractivity contribution is 0.147. The van der Waals surface area contributed by atoms with E-state index in [1.165, 1.54) is 16.8 Å². The van der Waals surface area contributed by atoms with Gasteiger partial charge in [0.05, 0.1) is 10.4 Å². The maximum Gasteiger partial charge on any atom is 0.281 e. The first-order valence-corrected chi connectivity index (χ1v) is 5.61. The molecular weight excluding hydrogens is 266 g/mol. The summed E-state index contributed by atoms with van der Waals surface area (Å²) in [6, 6.07) is 7.26. The Bertz CT molecular complexity index is 471. The molecule has 2 rings (SSSR count). The molecule has 0 aliphatic rings. The minimum atomic E-state index is -2.53. The normalized spacial score (nSPS) is 10.4. The third kappa shape index (κ3) is 3.00. The second kappa shape index (κ2) is 6.05. The minimum absolute atomic E-state index is 0. The second-order valence-electron chi connectivity index (χ2n) is 3.27. The van der Waals surface area contributed by atoms with Crippen LogP contribution in [-0.4, -0.2) is 4.98 Å². The molecule has 6 heteroatoms. The van der Waals surface area contributed by atoms with Gasteiger partial charge in [0, 0.05) is 6.54 Å². The van der Waals surface area contributed by atoms with Crippen molar-refractivity contribution in [2.75, 3.05) is 0 Å². The molecule has 2 N–H and O–H groups in total. The Balaban J connectivity index is 0.00000144. The zero-order valence-corrected chi connectivity index (χ0v) is 10.4. The lowest BCUT2D eigenvalue weighted by atomic mass is 10.1. The van der Waals surface area contributed by atoms with Gasteiger partial charge in [0.15, 0.2) is 0 Å². The number of aromatic nitrogens is 1. The molecule has 2 aromatic rings. The number of nitrogens with two attached hydrogens (primary N) is 1. The van der Waals surface area contributed by atoms with E-state index in [-0.39, 0.29) is 18.1 Å². The van der Waals surface area contributed by atoms with Crippen molar-refractivity contribution in [2.24, 2.45) is 5.73 Å². The third-order valence-corrected chi connectivity index (χ3v) is 3.14. The van der Waals surface area contributed by atoms with Gasteiger partial charge in [-0.05, 0) is 11.1 Å². The van der Waals surface area contributed by atoms with Gasteiger partial charge in [-0.3, -0.25) is 0 Å². The van der Waals surface area contributed by atoms with Crippen molar-refractivity contribution in [1.82, 2.24) is 4.98 Å². The number of halogens is 3. The molecule has 0 atom stereocenters. The Morgan fingerprint density at radius 3 is 2.41 bits per heavy atom. The highest BCUT2D eigenvalue weighted by Crippen LogP contribution is 2.33. The van der Waals surface area contributed by atoms with E-state index < -0.39 is 6.43 Å². The Morgan fingerprint density at radius 2 is 1.88 bits per heavy atom. The number of rotatable bonds is 3. The zero-order valence-electron chi connectivity index (χ0n) is 8.77. The van der Waals surface area contributed by atoms with Crippen LogP contribution in [0.2, 0.25) is 0 Å². The molecule has 0 saturated heterocycles. The molecule has 0 spiro atoms. The summed E-state index contributed by atoms with van der Waals surface area (Å²) >= 11 is 1.22. The van der Waals surface area contributed by atoms with Gasteiger partial charge >= 0.3 is 0 Å². The molecule has 17 heavy (non-hydrogen) atoms. The van der Waals surface area contributed by atoms with Gasteiger partial charge in [0.1, 0.15) is 5.69 Å². The van der Waals surface area contributed by atoms with Gasteiger partial charge < -0.3 is 5.73 Å². The molecule has 0 aliphatic heterocycles. The smallest absolute Gasteiger partial charge is 0.281 e. The Hall–Kier alpha value is -1.04. The van der Waals surface area contributed by atoms with Crippen molar-refractivity contribution in [3.63, 3.8) is 0 Å². The minimum Gasteiger partial charge on any atom is -0.326 e. The number of nitrogens with zero attached hydrogens (tertiary/aromatic N) is 1. The van der Waals surface area contributed by atoms with Crippen LogP contribution < -0.4 is 5.73 Å². The summed E-state index contributed by atoms with van der Waals surface area (Å²) in [5.74, 6) is 0. The average molecular weight is 277 g/mol. The zero-order chi connectivity index (χ0) is 11.5. The first kappa shape index (κ1) is 14.0. The molecule has 0 amide bonds. The maximum atomic E-state index is 12.6. The van der Waals surface area contributed by atoms with E-state index in [1.54, 1.807) is 12.1 Å². The van der Waals surface area contributed by atoms with Gasteiger partial charge in [-0.1, -0.05) is 24.3 Å². The first-order chi connectivity index (χ1) is 7.72. The van der Waals surface area contributed by atoms with Crippen molar-refractivity contribution in [3.05, 3.63) is 41.0 Å². The van der Waals surface area contributed by atoms with Crippen molar-refractivity contribution in [3.8, 4) is 10.4 Å². The fraction of sp³-hybridized carbons (Fsp3) is 0.182. The molecule has 2 nitrogen and oxygen atoms in total. The molecule has 0 radical (unpaired) electrons. The summed E-state index contributed by atoms with van der Waals surface area (Å²) < 4.78 is 25.2. The standard InChI is InChI=1S/C11H10F2N2S.ClH/c12-11(13)9-10(16-6-15-9)8-3-1-7(5-14)2-4-8;/h1-4,6,11H,5,14H2;1H. The summed E-state index contributed by atoms with van der Waals surface area (Å²) in [6.07, 6.45) is -2.53. The topological polar surface area (TPSA) is 38.9 Å². The van der Waals surface area contributed by atoms with E-state index in [1.807, 2.05) is 12.1 Å². The van der Waals surface area contributed by atoms with Crippen LogP contribution in [0.1, 0.15) is 17.7 Å². The lowest BCUT2D eigenvalue weighted by Gasteiger charge is -2.02. The summed E-state index contributed by atoms with van der Waals surface area (Å²) in [7, 11) is 0. The van der Waals surface area contributed by atoms with Crippen LogP contribution in [0.3, 0.4) is 0 Å². The van der Waals surface area contributed by atoms with Crippen LogP contribution in [0.5, 0.6) is 0 Å². The van der Waals surface area contributed by atoms with E-state index in [9.17, 15) is 8.78 Å². The monoisotopic (exact) mass is 276 g/mol. The highest BCUT2D eigenvalue weighted by Gasteiger charge is 2.17. The van der Waals surface area contributed by atoms with Crippen LogP contribution in [0.25, 0.3) is 10.4 Å². The SMILES string of the molecule is Cl.NCc1ccc(-c2scnc2C(F)F)cc1. The quantitative estimate of drug-likeness (QED) is 0.930. The number of hydrogen-bond donors (Lipinski definition) is 1. The first-order valence-electron chi connectivity index (χ1n) is 4.73. The highest BCUT2D eigenvalue weighted by atomic mass is 35.5. The van der Waals surface area contributed by atoms with Gasteiger partial charge in [-0.2, -0.15) is 0 Å². The van der Waals surface area contributed by atoms with E-state index in [4.69, 9.17) is 5.73 Å². The van der Waals surface area contributed by atoms with E-state index in [0.29, 0.717) is 11.4 Å². The molecule has 0 aliphatic carbocycles. The summed E-state index contributed by atoms with van der Waals surface area (Å²) in [4.78, 5) is 4.20. The largest absolute Gasteiger partial charge is 0.326 e. The van der Waals surface area contributed by atoms with E-state index in [0.717, 1.165) is 11.1 Å². The highest BCUT2D eigenvalue weighted by molar-refractivity contribution is 7.13. The van der Waals surface area contributed by atoms with Gasteiger partial charge in [0.2, 0.25) is 0 Å². The van der Waals surface area contributed by atoms with Crippen molar-refractivity contribution < 1.29 is 8.78 Å². The Morgan fingerprint density at radius 1 is 1.24 bits per heavy atom. The predicted octanol–water partition coefficient (Wildman–Crippen LogP) is 3.63. The van der Waals surface area contributed by atoms with Crippen molar-refractivity contribution in [2.45, 2.75) is 13.0 Å². The molecule has 0 bridgehead atoms. The molecule has 0 fully saturated rings. The maximum absolute atomic E-state index is 12.6. The van der Waals surface area contributed by atoms with Crippen LogP contribution in [0.15, 0.2) is 29.8 Å². The molecule has 1 aromatic carbocycles. The van der Waals surface area contributed by atoms with Crippen LogP contribution >= 0.6 is 23.7 Å². The Labute approximate surface area is 108 Å². The molecule has 92 valence electrons. The average Bonchev–Trinajstić information content (AvgIpc) is 2.78. The van der Waals surface area contributed by atoms with Crippen molar-refractivity contribution >= 4 is 23.7 Å². The van der Waals surface area contributed by atoms with Gasteiger partial charge in [-0.15, -0.1) is 23.7 Å². The molecule has 0 saturated carbocycles. The van der Waals surface area contributed by atoms with Crippen molar-refractivity contribution in [1.29, 1.82) is 0 Å². The summed E-state index contributed by atoms with van der Waals surface area (Å²) in [5, 5.41) is 0. The predicted molar refractivity (Wildman–Crippen MR) is 67.6 cm³/mol. The van der Waals surface area contributed by atoms with E-state index >= 15 is 0 Å². The van der Waals surface area contributed by atoms with Crippen LogP contribution in [0, 0.1) is 0 Å². The molecule has 1 aromatic heterocycles. The Kier molecular flexibility index (Phi) is 4.99. The van der Waals surface area contributed by atoms with Crippen LogP contribution in [0.4, 0.5) is 8.78 Å². The van der Waals surface area contributed by atoms with Crippen LogP contribution in [-0.2, 0) is 6.54 Å². The van der Waals surface area contributed by atoms with E-state index in [2.05, 4.69) is 4.98 Å². The number of hydrogen-bond acceptors (Lipinski definition) is 3. The summed E-state index contributed by atoms with van der Waals surface area (Å²) in [6.45, 7) is 0.449. The molecular formula is C11H11ClF2N2S. The van der Waals surface area contributed by atoms with Gasteiger partial charge in [0.25, 0.3) is 6.43 Å².